The number of hydrogen-bond donors (Lipinski definition) is 4. The number of phosphoric acid groups is 1. The highest BCUT2D eigenvalue weighted by Crippen LogP contribution is 2.43. The molecule has 0 aromatic carbocycles. The zero-order valence-electron chi connectivity index (χ0n) is 34.5. The summed E-state index contributed by atoms with van der Waals surface area (Å²) in [5, 5.41) is 18.7. The fourth-order valence-corrected chi connectivity index (χ4v) is 5.69. The normalized spacial score (nSPS) is 15.2. The Balaban J connectivity index is 4.57. The van der Waals surface area contributed by atoms with Gasteiger partial charge in [0.1, 0.15) is 12.6 Å². The molecule has 57 heavy (non-hydrogen) atoms. The minimum Gasteiger partial charge on any atom is -0.480 e. The summed E-state index contributed by atoms with van der Waals surface area (Å²) in [6, 6.07) is -1.54. The number of carboxylic acid groups (broad SMARTS) is 1. The van der Waals surface area contributed by atoms with E-state index in [2.05, 4.69) is 79.1 Å². The third-order valence-corrected chi connectivity index (χ3v) is 9.15. The van der Waals surface area contributed by atoms with Gasteiger partial charge in [0.2, 0.25) is 0 Å². The van der Waals surface area contributed by atoms with E-state index in [1.54, 1.807) is 0 Å². The fourth-order valence-electron chi connectivity index (χ4n) is 4.91. The van der Waals surface area contributed by atoms with Crippen LogP contribution >= 0.6 is 7.82 Å². The molecule has 0 fully saturated rings. The number of phosphoric ester groups is 1. The Kier molecular flexibility index (Phi) is 35.9. The number of ether oxygens (including phenoxy) is 2. The first-order valence-corrected chi connectivity index (χ1v) is 22.2. The Labute approximate surface area is 342 Å². The number of aliphatic hydroxyl groups excluding tert-OH is 1. The topological polar surface area (TPSA) is 192 Å². The second-order valence-corrected chi connectivity index (χ2v) is 15.0. The van der Waals surface area contributed by atoms with E-state index in [4.69, 9.17) is 24.8 Å². The maximum Gasteiger partial charge on any atom is 0.472 e. The highest BCUT2D eigenvalue weighted by Gasteiger charge is 2.28. The smallest absolute Gasteiger partial charge is 0.472 e. The molecule has 0 heterocycles. The lowest BCUT2D eigenvalue weighted by atomic mass is 10.1. The highest BCUT2D eigenvalue weighted by atomic mass is 31.2. The summed E-state index contributed by atoms with van der Waals surface area (Å²) >= 11 is 0. The van der Waals surface area contributed by atoms with E-state index in [1.807, 2.05) is 24.3 Å². The second-order valence-electron chi connectivity index (χ2n) is 13.6. The van der Waals surface area contributed by atoms with Gasteiger partial charge in [0.05, 0.1) is 19.3 Å². The summed E-state index contributed by atoms with van der Waals surface area (Å²) in [5.74, 6) is -2.52. The summed E-state index contributed by atoms with van der Waals surface area (Å²) in [4.78, 5) is 45.9. The van der Waals surface area contributed by atoms with Crippen molar-refractivity contribution in [3.63, 3.8) is 0 Å². The molecule has 5 N–H and O–H groups in total. The Morgan fingerprint density at radius 1 is 0.632 bits per heavy atom. The summed E-state index contributed by atoms with van der Waals surface area (Å²) in [5.41, 5.74) is 5.32. The predicted octanol–water partition coefficient (Wildman–Crippen LogP) is 9.69. The van der Waals surface area contributed by atoms with E-state index >= 15 is 0 Å². The van der Waals surface area contributed by atoms with E-state index < -0.39 is 57.7 Å². The van der Waals surface area contributed by atoms with Crippen molar-refractivity contribution in [2.45, 2.75) is 154 Å². The summed E-state index contributed by atoms with van der Waals surface area (Å²) in [6.07, 6.45) is 42.8. The third kappa shape index (κ3) is 37.9. The Morgan fingerprint density at radius 2 is 1.14 bits per heavy atom. The van der Waals surface area contributed by atoms with E-state index in [9.17, 15) is 28.9 Å². The number of carbonyl (C=O) groups excluding carboxylic acids is 2. The average Bonchev–Trinajstić information content (AvgIpc) is 3.18. The summed E-state index contributed by atoms with van der Waals surface area (Å²) < 4.78 is 32.5. The van der Waals surface area contributed by atoms with Crippen molar-refractivity contribution in [2.24, 2.45) is 5.73 Å². The summed E-state index contributed by atoms with van der Waals surface area (Å²) in [7, 11) is -4.75. The number of carboxylic acids is 1. The lowest BCUT2D eigenvalue weighted by molar-refractivity contribution is -0.161. The van der Waals surface area contributed by atoms with Crippen LogP contribution in [0.25, 0.3) is 0 Å². The molecule has 13 heteroatoms. The van der Waals surface area contributed by atoms with Gasteiger partial charge in [-0.15, -0.1) is 0 Å². The SMILES string of the molecule is CC/C=C\C/C=C\C/C=C\CCCCCCCC(=O)OC[C@H](COP(=O)(O)OC[C@H](N)C(=O)O)OC(=O)CCC/C=C\C/C=C\C/C=C\C/C=C\[C@H](O)CCCC. The molecule has 0 saturated heterocycles. The van der Waals surface area contributed by atoms with Gasteiger partial charge in [0, 0.05) is 12.8 Å². The highest BCUT2D eigenvalue weighted by molar-refractivity contribution is 7.47. The van der Waals surface area contributed by atoms with Crippen LogP contribution in [0.5, 0.6) is 0 Å². The molecule has 0 spiro atoms. The van der Waals surface area contributed by atoms with E-state index in [-0.39, 0.29) is 18.9 Å². The molecule has 0 aromatic rings. The average molecular weight is 822 g/mol. The largest absolute Gasteiger partial charge is 0.480 e. The van der Waals surface area contributed by atoms with Crippen LogP contribution in [0.3, 0.4) is 0 Å². The number of aliphatic carboxylic acids is 1. The van der Waals surface area contributed by atoms with E-state index in [1.165, 1.54) is 0 Å². The van der Waals surface area contributed by atoms with Gasteiger partial charge in [-0.1, -0.05) is 131 Å². The first kappa shape index (κ1) is 53.6. The molecular weight excluding hydrogens is 749 g/mol. The van der Waals surface area contributed by atoms with Gasteiger partial charge >= 0.3 is 25.7 Å². The Hall–Kier alpha value is -3.38. The van der Waals surface area contributed by atoms with Gasteiger partial charge in [-0.3, -0.25) is 23.4 Å². The van der Waals surface area contributed by atoms with Crippen molar-refractivity contribution < 1.29 is 52.6 Å². The minimum atomic E-state index is -4.75. The number of aliphatic hydroxyl groups is 1. The van der Waals surface area contributed by atoms with Crippen LogP contribution in [0.2, 0.25) is 0 Å². The van der Waals surface area contributed by atoms with Gasteiger partial charge in [-0.05, 0) is 77.0 Å². The first-order valence-electron chi connectivity index (χ1n) is 20.7. The fraction of sp³-hybridized carbons (Fsp3) is 0.614. The quantitative estimate of drug-likeness (QED) is 0.0201. The van der Waals surface area contributed by atoms with Crippen molar-refractivity contribution >= 4 is 25.7 Å². The number of carbonyl (C=O) groups is 3. The lowest BCUT2D eigenvalue weighted by Crippen LogP contribution is -2.34. The molecule has 1 unspecified atom stereocenters. The van der Waals surface area contributed by atoms with Crippen molar-refractivity contribution in [1.82, 2.24) is 0 Å². The summed E-state index contributed by atoms with van der Waals surface area (Å²) in [6.45, 7) is 2.43. The van der Waals surface area contributed by atoms with Crippen LogP contribution in [0.4, 0.5) is 0 Å². The minimum absolute atomic E-state index is 0.0596. The van der Waals surface area contributed by atoms with Gasteiger partial charge in [-0.2, -0.15) is 0 Å². The maximum atomic E-state index is 12.6. The maximum absolute atomic E-state index is 12.6. The molecule has 0 aliphatic carbocycles. The number of unbranched alkanes of at least 4 members (excludes halogenated alkanes) is 7. The second kappa shape index (κ2) is 38.2. The van der Waals surface area contributed by atoms with Gasteiger partial charge in [0.15, 0.2) is 6.10 Å². The van der Waals surface area contributed by atoms with Crippen LogP contribution in [0, 0.1) is 0 Å². The molecule has 0 aliphatic rings. The first-order chi connectivity index (χ1) is 27.5. The van der Waals surface area contributed by atoms with Gasteiger partial charge < -0.3 is 30.3 Å². The Bertz CT molecular complexity index is 1300. The van der Waals surface area contributed by atoms with Crippen LogP contribution in [0.1, 0.15) is 136 Å². The van der Waals surface area contributed by atoms with Crippen molar-refractivity contribution in [1.29, 1.82) is 0 Å². The van der Waals surface area contributed by atoms with E-state index in [0.717, 1.165) is 89.9 Å². The van der Waals surface area contributed by atoms with Crippen LogP contribution in [0.15, 0.2) is 85.1 Å². The molecule has 0 amide bonds. The number of hydrogen-bond acceptors (Lipinski definition) is 10. The van der Waals surface area contributed by atoms with Crippen molar-refractivity contribution in [3.05, 3.63) is 85.1 Å². The predicted molar refractivity (Wildman–Crippen MR) is 227 cm³/mol. The van der Waals surface area contributed by atoms with Crippen molar-refractivity contribution in [3.8, 4) is 0 Å². The molecule has 12 nitrogen and oxygen atoms in total. The number of nitrogens with two attached hydrogens (primary N) is 1. The molecule has 324 valence electrons. The van der Waals surface area contributed by atoms with Crippen molar-refractivity contribution in [2.75, 3.05) is 19.8 Å². The van der Waals surface area contributed by atoms with Gasteiger partial charge in [0.25, 0.3) is 0 Å². The number of allylic oxidation sites excluding steroid dienone is 13. The Morgan fingerprint density at radius 3 is 1.74 bits per heavy atom. The number of rotatable bonds is 37. The molecule has 0 bridgehead atoms. The third-order valence-electron chi connectivity index (χ3n) is 8.20. The molecule has 0 radical (unpaired) electrons. The standard InChI is InChI=1S/C44H72NO11P/c1-3-5-7-8-9-10-11-12-13-14-18-21-24-27-30-34-42(47)53-36-40(37-54-57(51,52)55-38-41(45)44(49)50)56-43(48)35-31-28-25-22-19-16-15-17-20-23-26-29-33-39(46)32-6-4-2/h5,7,9-10,12-13,15-16,20,22-23,25,29,33,39-41,46H,3-4,6,8,11,14,17-19,21,24,26-28,30-32,34-38,45H2,1-2H3,(H,49,50)(H,51,52)/b7-5-,10-9-,13-12-,16-15-,23-20-,25-22-,33-29-/t39-,40-,41+/m1/s1. The molecule has 0 aromatic heterocycles. The monoisotopic (exact) mass is 821 g/mol. The molecular formula is C44H72NO11P. The zero-order valence-corrected chi connectivity index (χ0v) is 35.4. The van der Waals surface area contributed by atoms with Crippen LogP contribution in [-0.2, 0) is 37.5 Å². The lowest BCUT2D eigenvalue weighted by Gasteiger charge is -2.20. The zero-order chi connectivity index (χ0) is 42.2. The number of esters is 2. The molecule has 0 rings (SSSR count). The van der Waals surface area contributed by atoms with Crippen LogP contribution < -0.4 is 5.73 Å². The molecule has 4 atom stereocenters. The van der Waals surface area contributed by atoms with Gasteiger partial charge in [-0.25, -0.2) is 4.57 Å². The molecule has 0 aliphatic heterocycles. The van der Waals surface area contributed by atoms with Crippen LogP contribution in [-0.4, -0.2) is 71.1 Å². The van der Waals surface area contributed by atoms with E-state index in [0.29, 0.717) is 19.3 Å². The molecule has 0 saturated carbocycles.